The van der Waals surface area contributed by atoms with Crippen molar-refractivity contribution in [1.29, 1.82) is 0 Å². The Balaban J connectivity index is 0.00000242. The summed E-state index contributed by atoms with van der Waals surface area (Å²) >= 11 is 0. The van der Waals surface area contributed by atoms with Crippen molar-refractivity contribution in [2.24, 2.45) is 11.7 Å². The van der Waals surface area contributed by atoms with E-state index in [4.69, 9.17) is 15.2 Å². The molecule has 0 radical (unpaired) electrons. The van der Waals surface area contributed by atoms with E-state index in [0.717, 1.165) is 25.7 Å². The first kappa shape index (κ1) is 18.9. The van der Waals surface area contributed by atoms with Crippen molar-refractivity contribution in [2.75, 3.05) is 14.2 Å². The fraction of sp³-hybridized carbons (Fsp3) is 0.625. The van der Waals surface area contributed by atoms with Crippen LogP contribution in [0.2, 0.25) is 0 Å². The molecule has 126 valence electrons. The Bertz CT molecular complexity index is 477. The lowest BCUT2D eigenvalue weighted by atomic mass is 9.81. The van der Waals surface area contributed by atoms with Crippen molar-refractivity contribution in [3.8, 4) is 17.2 Å². The molecular weight excluding hydrogens is 306 g/mol. The minimum Gasteiger partial charge on any atom is -0.507 e. The topological polar surface area (TPSA) is 84.9 Å². The number of aliphatic hydroxyl groups is 1. The number of ether oxygens (including phenoxy) is 2. The van der Waals surface area contributed by atoms with Crippen LogP contribution < -0.4 is 15.2 Å². The number of methoxy groups -OCH3 is 2. The van der Waals surface area contributed by atoms with E-state index in [1.54, 1.807) is 6.07 Å². The highest BCUT2D eigenvalue weighted by Gasteiger charge is 2.31. The van der Waals surface area contributed by atoms with Crippen LogP contribution in [0.25, 0.3) is 0 Å². The van der Waals surface area contributed by atoms with Crippen LogP contribution >= 0.6 is 12.4 Å². The van der Waals surface area contributed by atoms with Crippen LogP contribution in [0.3, 0.4) is 0 Å². The highest BCUT2D eigenvalue weighted by atomic mass is 35.5. The van der Waals surface area contributed by atoms with Gasteiger partial charge in [-0.15, -0.1) is 12.4 Å². The Labute approximate surface area is 137 Å². The summed E-state index contributed by atoms with van der Waals surface area (Å²) in [4.78, 5) is 0. The zero-order valence-electron chi connectivity index (χ0n) is 13.1. The summed E-state index contributed by atoms with van der Waals surface area (Å²) in [6.45, 7) is 0. The minimum atomic E-state index is -0.682. The molecule has 22 heavy (non-hydrogen) atoms. The van der Waals surface area contributed by atoms with Crippen LogP contribution in [-0.4, -0.2) is 30.5 Å². The lowest BCUT2D eigenvalue weighted by molar-refractivity contribution is 0.0603. The molecule has 2 atom stereocenters. The van der Waals surface area contributed by atoms with E-state index in [2.05, 4.69) is 0 Å². The summed E-state index contributed by atoms with van der Waals surface area (Å²) in [5.74, 6) is 1.11. The van der Waals surface area contributed by atoms with Crippen molar-refractivity contribution >= 4 is 12.4 Å². The Kier molecular flexibility index (Phi) is 7.26. The first-order chi connectivity index (χ1) is 10.1. The first-order valence-corrected chi connectivity index (χ1v) is 7.47. The molecule has 0 spiro atoms. The molecule has 0 unspecified atom stereocenters. The van der Waals surface area contributed by atoms with Gasteiger partial charge in [-0.05, 0) is 18.8 Å². The monoisotopic (exact) mass is 331 g/mol. The van der Waals surface area contributed by atoms with Crippen LogP contribution in [0.5, 0.6) is 17.2 Å². The van der Waals surface area contributed by atoms with Gasteiger partial charge >= 0.3 is 0 Å². The predicted octanol–water partition coefficient (Wildman–Crippen LogP) is 2.77. The number of aliphatic hydroxyl groups excluding tert-OH is 1. The summed E-state index contributed by atoms with van der Waals surface area (Å²) < 4.78 is 10.4. The van der Waals surface area contributed by atoms with Crippen molar-refractivity contribution in [3.63, 3.8) is 0 Å². The summed E-state index contributed by atoms with van der Waals surface area (Å²) in [6.07, 6.45) is 4.75. The van der Waals surface area contributed by atoms with Crippen LogP contribution in [0, 0.1) is 5.92 Å². The normalized spacial score (nSPS) is 18.2. The van der Waals surface area contributed by atoms with Gasteiger partial charge in [-0.2, -0.15) is 0 Å². The molecule has 0 aliphatic heterocycles. The van der Waals surface area contributed by atoms with Gasteiger partial charge in [0.05, 0.1) is 31.9 Å². The van der Waals surface area contributed by atoms with Crippen molar-refractivity contribution in [3.05, 3.63) is 17.7 Å². The van der Waals surface area contributed by atoms with E-state index in [-0.39, 0.29) is 24.1 Å². The van der Waals surface area contributed by atoms with Crippen LogP contribution in [0.4, 0.5) is 0 Å². The molecule has 2 rings (SSSR count). The van der Waals surface area contributed by atoms with E-state index >= 15 is 0 Å². The molecule has 0 saturated heterocycles. The highest BCUT2D eigenvalue weighted by Crippen LogP contribution is 2.40. The fourth-order valence-electron chi connectivity index (χ4n) is 3.15. The largest absolute Gasteiger partial charge is 0.507 e. The molecule has 1 aliphatic rings. The van der Waals surface area contributed by atoms with Crippen LogP contribution in [-0.2, 0) is 0 Å². The summed E-state index contributed by atoms with van der Waals surface area (Å²) in [5.41, 5.74) is 6.65. The lowest BCUT2D eigenvalue weighted by Gasteiger charge is -2.31. The Hall–Kier alpha value is -1.17. The highest BCUT2D eigenvalue weighted by molar-refractivity contribution is 5.85. The Morgan fingerprint density at radius 3 is 2.32 bits per heavy atom. The van der Waals surface area contributed by atoms with Crippen molar-refractivity contribution in [2.45, 2.75) is 44.2 Å². The zero-order chi connectivity index (χ0) is 15.4. The minimum absolute atomic E-state index is 0. The number of halogens is 1. The third kappa shape index (κ3) is 3.97. The van der Waals surface area contributed by atoms with Crippen LogP contribution in [0.1, 0.15) is 43.7 Å². The van der Waals surface area contributed by atoms with Gasteiger partial charge in [0.1, 0.15) is 17.2 Å². The van der Waals surface area contributed by atoms with E-state index in [1.807, 2.05) is 0 Å². The number of phenols is 1. The summed E-state index contributed by atoms with van der Waals surface area (Å²) in [6, 6.07) is 2.49. The van der Waals surface area contributed by atoms with Gasteiger partial charge in [0.2, 0.25) is 0 Å². The van der Waals surface area contributed by atoms with Crippen molar-refractivity contribution in [1.82, 2.24) is 0 Å². The number of hydrogen-bond acceptors (Lipinski definition) is 5. The second kappa shape index (κ2) is 8.46. The van der Waals surface area contributed by atoms with Gasteiger partial charge in [-0.25, -0.2) is 0 Å². The zero-order valence-corrected chi connectivity index (χ0v) is 13.9. The standard InChI is InChI=1S/C16H25NO4.ClH/c1-20-11-8-12(18)14(13(9-11)21-2)15(17)16(19)10-6-4-3-5-7-10;/h8-10,15-16,18-19H,3-7,17H2,1-2H3;1H/t15-,16+;/m1./s1. The Morgan fingerprint density at radius 1 is 1.14 bits per heavy atom. The molecule has 5 nitrogen and oxygen atoms in total. The number of rotatable bonds is 5. The third-order valence-electron chi connectivity index (χ3n) is 4.38. The average Bonchev–Trinajstić information content (AvgIpc) is 2.53. The SMILES string of the molecule is COc1cc(O)c([C@@H](N)[C@@H](O)C2CCCCC2)c(OC)c1.Cl. The van der Waals surface area contributed by atoms with Gasteiger partial charge in [0, 0.05) is 12.1 Å². The molecule has 0 aromatic heterocycles. The van der Waals surface area contributed by atoms with Gasteiger partial charge < -0.3 is 25.4 Å². The van der Waals surface area contributed by atoms with E-state index in [0.29, 0.717) is 17.1 Å². The second-order valence-corrected chi connectivity index (χ2v) is 5.68. The van der Waals surface area contributed by atoms with Gasteiger partial charge in [0.25, 0.3) is 0 Å². The maximum absolute atomic E-state index is 10.5. The van der Waals surface area contributed by atoms with E-state index in [1.165, 1.54) is 26.7 Å². The van der Waals surface area contributed by atoms with Gasteiger partial charge in [-0.1, -0.05) is 19.3 Å². The smallest absolute Gasteiger partial charge is 0.131 e. The lowest BCUT2D eigenvalue weighted by Crippen LogP contribution is -2.34. The molecule has 1 aliphatic carbocycles. The molecule has 1 fully saturated rings. The molecule has 1 aromatic rings. The molecule has 0 bridgehead atoms. The Morgan fingerprint density at radius 2 is 1.77 bits per heavy atom. The number of phenolic OH excluding ortho intramolecular Hbond substituents is 1. The molecule has 6 heteroatoms. The molecule has 1 saturated carbocycles. The van der Waals surface area contributed by atoms with Gasteiger partial charge in [0.15, 0.2) is 0 Å². The molecule has 0 heterocycles. The maximum atomic E-state index is 10.5. The third-order valence-corrected chi connectivity index (χ3v) is 4.38. The second-order valence-electron chi connectivity index (χ2n) is 5.68. The predicted molar refractivity (Wildman–Crippen MR) is 88.0 cm³/mol. The molecule has 0 amide bonds. The summed E-state index contributed by atoms with van der Waals surface area (Å²) in [7, 11) is 3.03. The number of nitrogens with two attached hydrogens (primary N) is 1. The molecule has 1 aromatic carbocycles. The number of aromatic hydroxyl groups is 1. The van der Waals surface area contributed by atoms with Crippen LogP contribution in [0.15, 0.2) is 12.1 Å². The summed E-state index contributed by atoms with van der Waals surface area (Å²) in [5, 5.41) is 20.7. The number of hydrogen-bond donors (Lipinski definition) is 3. The van der Waals surface area contributed by atoms with E-state index < -0.39 is 12.1 Å². The molecular formula is C16H26ClNO4. The molecule has 4 N–H and O–H groups in total. The quantitative estimate of drug-likeness (QED) is 0.772. The number of benzene rings is 1. The average molecular weight is 332 g/mol. The fourth-order valence-corrected chi connectivity index (χ4v) is 3.15. The van der Waals surface area contributed by atoms with Gasteiger partial charge in [-0.3, -0.25) is 0 Å². The first-order valence-electron chi connectivity index (χ1n) is 7.47. The maximum Gasteiger partial charge on any atom is 0.131 e. The van der Waals surface area contributed by atoms with E-state index in [9.17, 15) is 10.2 Å². The van der Waals surface area contributed by atoms with Crippen molar-refractivity contribution < 1.29 is 19.7 Å².